The summed E-state index contributed by atoms with van der Waals surface area (Å²) in [7, 11) is 3.54. The highest BCUT2D eigenvalue weighted by Gasteiger charge is 2.22. The lowest BCUT2D eigenvalue weighted by Crippen LogP contribution is -2.33. The Morgan fingerprint density at radius 2 is 2.09 bits per heavy atom. The molecule has 0 aliphatic heterocycles. The van der Waals surface area contributed by atoms with Gasteiger partial charge in [-0.25, -0.2) is 9.97 Å². The van der Waals surface area contributed by atoms with E-state index >= 15 is 0 Å². The van der Waals surface area contributed by atoms with Gasteiger partial charge in [0.25, 0.3) is 0 Å². The van der Waals surface area contributed by atoms with Gasteiger partial charge in [-0.05, 0) is 26.7 Å². The minimum atomic E-state index is -0.257. The molecule has 0 atom stereocenters. The number of fused-ring (bicyclic) bond motifs is 1. The second kappa shape index (κ2) is 6.93. The second-order valence-corrected chi connectivity index (χ2v) is 6.43. The van der Waals surface area contributed by atoms with Gasteiger partial charge in [0.2, 0.25) is 5.91 Å². The van der Waals surface area contributed by atoms with Crippen molar-refractivity contribution in [3.8, 4) is 0 Å². The van der Waals surface area contributed by atoms with Crippen LogP contribution in [0.15, 0.2) is 6.20 Å². The first-order valence-electron chi connectivity index (χ1n) is 8.03. The number of aryl methyl sites for hydroxylation is 2. The SMILES string of the molecule is CCCc1nc(NC(C)(C)CCC(=O)NC)c2cnn(C)c2n1. The highest BCUT2D eigenvalue weighted by Crippen LogP contribution is 2.25. The molecule has 0 fully saturated rings. The van der Waals surface area contributed by atoms with Crippen LogP contribution in [-0.4, -0.2) is 38.2 Å². The number of rotatable bonds is 7. The Balaban J connectivity index is 2.28. The number of hydrogen-bond donors (Lipinski definition) is 2. The van der Waals surface area contributed by atoms with Gasteiger partial charge in [-0.1, -0.05) is 6.92 Å². The van der Waals surface area contributed by atoms with Crippen LogP contribution >= 0.6 is 0 Å². The molecule has 2 rings (SSSR count). The number of aromatic nitrogens is 4. The molecule has 23 heavy (non-hydrogen) atoms. The molecule has 126 valence electrons. The zero-order valence-electron chi connectivity index (χ0n) is 14.6. The predicted octanol–water partition coefficient (Wildman–Crippen LogP) is 2.03. The van der Waals surface area contributed by atoms with Gasteiger partial charge in [0.15, 0.2) is 5.65 Å². The van der Waals surface area contributed by atoms with E-state index in [9.17, 15) is 4.79 Å². The predicted molar refractivity (Wildman–Crippen MR) is 91.3 cm³/mol. The van der Waals surface area contributed by atoms with E-state index in [-0.39, 0.29) is 11.4 Å². The van der Waals surface area contributed by atoms with Crippen molar-refractivity contribution in [2.24, 2.45) is 7.05 Å². The monoisotopic (exact) mass is 318 g/mol. The molecule has 7 nitrogen and oxygen atoms in total. The molecule has 0 spiro atoms. The van der Waals surface area contributed by atoms with E-state index in [0.717, 1.165) is 35.5 Å². The smallest absolute Gasteiger partial charge is 0.219 e. The molecule has 2 aromatic rings. The summed E-state index contributed by atoms with van der Waals surface area (Å²) in [6, 6.07) is 0. The maximum absolute atomic E-state index is 11.5. The third kappa shape index (κ3) is 4.18. The first kappa shape index (κ1) is 17.2. The van der Waals surface area contributed by atoms with Gasteiger partial charge in [-0.2, -0.15) is 5.10 Å². The highest BCUT2D eigenvalue weighted by atomic mass is 16.1. The molecule has 0 radical (unpaired) electrons. The van der Waals surface area contributed by atoms with Gasteiger partial charge in [0, 0.05) is 32.5 Å². The first-order valence-corrected chi connectivity index (χ1v) is 8.03. The molecule has 0 aliphatic rings. The molecule has 2 aromatic heterocycles. The maximum atomic E-state index is 11.5. The average molecular weight is 318 g/mol. The van der Waals surface area contributed by atoms with Crippen molar-refractivity contribution in [1.29, 1.82) is 0 Å². The highest BCUT2D eigenvalue weighted by molar-refractivity contribution is 5.86. The van der Waals surface area contributed by atoms with Crippen molar-refractivity contribution >= 4 is 22.8 Å². The summed E-state index contributed by atoms with van der Waals surface area (Å²) in [6.45, 7) is 6.25. The molecule has 0 saturated heterocycles. The van der Waals surface area contributed by atoms with E-state index in [2.05, 4.69) is 46.5 Å². The van der Waals surface area contributed by atoms with Crippen LogP contribution in [0.5, 0.6) is 0 Å². The zero-order valence-corrected chi connectivity index (χ0v) is 14.6. The van der Waals surface area contributed by atoms with Gasteiger partial charge in [0.05, 0.1) is 11.6 Å². The number of amides is 1. The maximum Gasteiger partial charge on any atom is 0.219 e. The lowest BCUT2D eigenvalue weighted by molar-refractivity contribution is -0.120. The number of anilines is 1. The Labute approximate surface area is 136 Å². The fraction of sp³-hybridized carbons (Fsp3) is 0.625. The van der Waals surface area contributed by atoms with E-state index in [1.165, 1.54) is 0 Å². The Morgan fingerprint density at radius 1 is 1.35 bits per heavy atom. The molecule has 0 bridgehead atoms. The number of carbonyl (C=O) groups is 1. The van der Waals surface area contributed by atoms with Crippen molar-refractivity contribution in [3.05, 3.63) is 12.0 Å². The van der Waals surface area contributed by atoms with Crippen LogP contribution in [-0.2, 0) is 18.3 Å². The molecule has 1 amide bonds. The molecule has 2 N–H and O–H groups in total. The number of hydrogen-bond acceptors (Lipinski definition) is 5. The average Bonchev–Trinajstić information content (AvgIpc) is 2.87. The van der Waals surface area contributed by atoms with Crippen LogP contribution in [0.2, 0.25) is 0 Å². The Kier molecular flexibility index (Phi) is 5.18. The molecule has 0 saturated carbocycles. The molecule has 0 aromatic carbocycles. The number of nitrogens with zero attached hydrogens (tertiary/aromatic N) is 4. The summed E-state index contributed by atoms with van der Waals surface area (Å²) in [4.78, 5) is 20.7. The minimum Gasteiger partial charge on any atom is -0.364 e. The first-order chi connectivity index (χ1) is 10.9. The largest absolute Gasteiger partial charge is 0.364 e. The van der Waals surface area contributed by atoms with E-state index in [1.54, 1.807) is 17.9 Å². The summed E-state index contributed by atoms with van der Waals surface area (Å²) in [6.07, 6.45) is 4.78. The van der Waals surface area contributed by atoms with Crippen LogP contribution in [0.25, 0.3) is 11.0 Å². The van der Waals surface area contributed by atoms with E-state index < -0.39 is 0 Å². The standard InChI is InChI=1S/C16H26N6O/c1-6-7-12-19-14(11-10-18-22(5)15(11)20-12)21-16(2,3)9-8-13(23)17-4/h10H,6-9H2,1-5H3,(H,17,23)(H,19,20,21). The van der Waals surface area contributed by atoms with E-state index in [1.807, 2.05) is 7.05 Å². The van der Waals surface area contributed by atoms with Gasteiger partial charge in [-0.3, -0.25) is 9.48 Å². The number of nitrogens with one attached hydrogen (secondary N) is 2. The van der Waals surface area contributed by atoms with Gasteiger partial charge in [0.1, 0.15) is 11.6 Å². The van der Waals surface area contributed by atoms with Gasteiger partial charge >= 0.3 is 0 Å². The normalized spacial score (nSPS) is 11.7. The minimum absolute atomic E-state index is 0.0424. The van der Waals surface area contributed by atoms with Gasteiger partial charge in [-0.15, -0.1) is 0 Å². The summed E-state index contributed by atoms with van der Waals surface area (Å²) in [5.41, 5.74) is 0.570. The van der Waals surface area contributed by atoms with Gasteiger partial charge < -0.3 is 10.6 Å². The lowest BCUT2D eigenvalue weighted by atomic mass is 9.98. The molecular formula is C16H26N6O. The summed E-state index contributed by atoms with van der Waals surface area (Å²) < 4.78 is 1.76. The molecule has 7 heteroatoms. The van der Waals surface area contributed by atoms with E-state index in [4.69, 9.17) is 0 Å². The second-order valence-electron chi connectivity index (χ2n) is 6.43. The van der Waals surface area contributed by atoms with Crippen LogP contribution in [0, 0.1) is 0 Å². The third-order valence-electron chi connectivity index (χ3n) is 3.82. The van der Waals surface area contributed by atoms with Crippen molar-refractivity contribution < 1.29 is 4.79 Å². The topological polar surface area (TPSA) is 84.7 Å². The lowest BCUT2D eigenvalue weighted by Gasteiger charge is -2.27. The van der Waals surface area contributed by atoms with Crippen molar-refractivity contribution in [3.63, 3.8) is 0 Å². The molecule has 2 heterocycles. The summed E-state index contributed by atoms with van der Waals surface area (Å²) >= 11 is 0. The Hall–Kier alpha value is -2.18. The number of carbonyl (C=O) groups excluding carboxylic acids is 1. The third-order valence-corrected chi connectivity index (χ3v) is 3.82. The summed E-state index contributed by atoms with van der Waals surface area (Å²) in [5.74, 6) is 1.64. The fourth-order valence-corrected chi connectivity index (χ4v) is 2.43. The van der Waals surface area contributed by atoms with E-state index in [0.29, 0.717) is 12.8 Å². The zero-order chi connectivity index (χ0) is 17.0. The molecular weight excluding hydrogens is 292 g/mol. The Morgan fingerprint density at radius 3 is 2.74 bits per heavy atom. The van der Waals surface area contributed by atoms with Crippen LogP contribution in [0.1, 0.15) is 45.9 Å². The molecule has 0 aliphatic carbocycles. The van der Waals surface area contributed by atoms with Crippen LogP contribution < -0.4 is 10.6 Å². The van der Waals surface area contributed by atoms with Crippen molar-refractivity contribution in [2.75, 3.05) is 12.4 Å². The molecule has 0 unspecified atom stereocenters. The van der Waals surface area contributed by atoms with Crippen molar-refractivity contribution in [1.82, 2.24) is 25.1 Å². The van der Waals surface area contributed by atoms with Crippen LogP contribution in [0.4, 0.5) is 5.82 Å². The quantitative estimate of drug-likeness (QED) is 0.816. The van der Waals surface area contributed by atoms with Crippen molar-refractivity contribution in [2.45, 2.75) is 52.0 Å². The fourth-order valence-electron chi connectivity index (χ4n) is 2.43. The van der Waals surface area contributed by atoms with Crippen LogP contribution in [0.3, 0.4) is 0 Å². The Bertz CT molecular complexity index is 691. The summed E-state index contributed by atoms with van der Waals surface area (Å²) in [5, 5.41) is 11.3.